The van der Waals surface area contributed by atoms with Crippen molar-refractivity contribution in [3.05, 3.63) is 64.8 Å². The molecule has 3 rings (SSSR count). The fourth-order valence-corrected chi connectivity index (χ4v) is 3.56. The Morgan fingerprint density at radius 1 is 1.07 bits per heavy atom. The Morgan fingerprint density at radius 3 is 2.43 bits per heavy atom. The van der Waals surface area contributed by atoms with Crippen molar-refractivity contribution in [3.8, 4) is 11.1 Å². The number of carbonyl (C=O) groups is 1. The third-order valence-corrected chi connectivity index (χ3v) is 5.07. The summed E-state index contributed by atoms with van der Waals surface area (Å²) in [5, 5.41) is 1.46. The molecule has 0 fully saturated rings. The smallest absolute Gasteiger partial charge is 0.340 e. The van der Waals surface area contributed by atoms with Gasteiger partial charge in [-0.15, -0.1) is 0 Å². The Balaban J connectivity index is 2.36. The predicted octanol–water partition coefficient (Wildman–Crippen LogP) is 5.57. The van der Waals surface area contributed by atoms with Crippen LogP contribution in [0.2, 0.25) is 5.02 Å². The van der Waals surface area contributed by atoms with Crippen LogP contribution in [0.15, 0.2) is 48.5 Å². The molecule has 0 spiro atoms. The summed E-state index contributed by atoms with van der Waals surface area (Å²) < 4.78 is 5.43. The molecule has 0 aliphatic heterocycles. The van der Waals surface area contributed by atoms with E-state index in [-0.39, 0.29) is 5.97 Å². The fourth-order valence-electron chi connectivity index (χ4n) is 3.39. The summed E-state index contributed by atoms with van der Waals surface area (Å²) in [6, 6.07) is 15.5. The SMILES string of the molecule is CCOC(=O)c1c(CN(CC)CC)nc2ccc(Cl)cc2c1-c1ccccc1. The molecule has 5 heteroatoms. The molecule has 0 amide bonds. The van der Waals surface area contributed by atoms with Gasteiger partial charge < -0.3 is 4.74 Å². The van der Waals surface area contributed by atoms with Gasteiger partial charge in [0, 0.05) is 22.5 Å². The van der Waals surface area contributed by atoms with Gasteiger partial charge in [0.2, 0.25) is 0 Å². The number of rotatable bonds is 7. The first-order valence-corrected chi connectivity index (χ1v) is 10.0. The number of hydrogen-bond acceptors (Lipinski definition) is 4. The average molecular weight is 397 g/mol. The topological polar surface area (TPSA) is 42.4 Å². The molecule has 0 atom stereocenters. The van der Waals surface area contributed by atoms with Crippen LogP contribution in [0.1, 0.15) is 36.8 Å². The maximum Gasteiger partial charge on any atom is 0.340 e. The summed E-state index contributed by atoms with van der Waals surface area (Å²) in [4.78, 5) is 20.1. The third kappa shape index (κ3) is 4.18. The minimum Gasteiger partial charge on any atom is -0.462 e. The Kier molecular flexibility index (Phi) is 6.65. The van der Waals surface area contributed by atoms with Crippen LogP contribution in [0, 0.1) is 0 Å². The molecule has 0 unspecified atom stereocenters. The second-order valence-electron chi connectivity index (χ2n) is 6.52. The van der Waals surface area contributed by atoms with Crippen LogP contribution in [-0.2, 0) is 11.3 Å². The van der Waals surface area contributed by atoms with E-state index in [0.717, 1.165) is 40.8 Å². The summed E-state index contributed by atoms with van der Waals surface area (Å²) >= 11 is 6.29. The summed E-state index contributed by atoms with van der Waals surface area (Å²) in [6.07, 6.45) is 0. The van der Waals surface area contributed by atoms with Gasteiger partial charge in [-0.2, -0.15) is 0 Å². The normalized spacial score (nSPS) is 11.2. The van der Waals surface area contributed by atoms with Gasteiger partial charge in [0.15, 0.2) is 0 Å². The standard InChI is InChI=1S/C23H25ClN2O2/c1-4-26(5-2)15-20-22(23(27)28-6-3)21(16-10-8-7-9-11-16)18-14-17(24)12-13-19(18)25-20/h7-14H,4-6,15H2,1-3H3. The second-order valence-corrected chi connectivity index (χ2v) is 6.95. The van der Waals surface area contributed by atoms with Crippen molar-refractivity contribution in [2.24, 2.45) is 0 Å². The van der Waals surface area contributed by atoms with Gasteiger partial charge in [0.05, 0.1) is 23.4 Å². The van der Waals surface area contributed by atoms with Crippen molar-refractivity contribution < 1.29 is 9.53 Å². The van der Waals surface area contributed by atoms with Crippen molar-refractivity contribution in [3.63, 3.8) is 0 Å². The lowest BCUT2D eigenvalue weighted by molar-refractivity contribution is 0.0524. The van der Waals surface area contributed by atoms with Gasteiger partial charge in [0.1, 0.15) is 0 Å². The van der Waals surface area contributed by atoms with Crippen molar-refractivity contribution in [2.45, 2.75) is 27.3 Å². The zero-order chi connectivity index (χ0) is 20.1. The van der Waals surface area contributed by atoms with Gasteiger partial charge in [-0.3, -0.25) is 9.88 Å². The number of halogens is 1. The highest BCUT2D eigenvalue weighted by atomic mass is 35.5. The van der Waals surface area contributed by atoms with E-state index in [9.17, 15) is 4.79 Å². The van der Waals surface area contributed by atoms with Crippen molar-refractivity contribution in [2.75, 3.05) is 19.7 Å². The highest BCUT2D eigenvalue weighted by Gasteiger charge is 2.24. The minimum absolute atomic E-state index is 0.311. The lowest BCUT2D eigenvalue weighted by Gasteiger charge is -2.22. The van der Waals surface area contributed by atoms with E-state index in [1.54, 1.807) is 0 Å². The minimum atomic E-state index is -0.349. The highest BCUT2D eigenvalue weighted by Crippen LogP contribution is 2.35. The molecule has 0 saturated carbocycles. The number of aromatic nitrogens is 1. The van der Waals surface area contributed by atoms with Crippen LogP contribution in [0.4, 0.5) is 0 Å². The van der Waals surface area contributed by atoms with Gasteiger partial charge in [0.25, 0.3) is 0 Å². The highest BCUT2D eigenvalue weighted by molar-refractivity contribution is 6.31. The zero-order valence-corrected chi connectivity index (χ0v) is 17.3. The van der Waals surface area contributed by atoms with Gasteiger partial charge in [-0.25, -0.2) is 4.79 Å². The van der Waals surface area contributed by atoms with Gasteiger partial charge >= 0.3 is 5.97 Å². The Bertz CT molecular complexity index is 969. The first-order chi connectivity index (χ1) is 13.6. The van der Waals surface area contributed by atoms with Crippen molar-refractivity contribution in [1.82, 2.24) is 9.88 Å². The van der Waals surface area contributed by atoms with E-state index >= 15 is 0 Å². The Hall–Kier alpha value is -2.43. The van der Waals surface area contributed by atoms with Crippen LogP contribution < -0.4 is 0 Å². The number of nitrogens with zero attached hydrogens (tertiary/aromatic N) is 2. The first kappa shape index (κ1) is 20.3. The summed E-state index contributed by atoms with van der Waals surface area (Å²) in [5.41, 5.74) is 3.85. The lowest BCUT2D eigenvalue weighted by Crippen LogP contribution is -2.25. The van der Waals surface area contributed by atoms with Crippen LogP contribution in [0.3, 0.4) is 0 Å². The fraction of sp³-hybridized carbons (Fsp3) is 0.304. The first-order valence-electron chi connectivity index (χ1n) is 9.66. The molecule has 3 aromatic rings. The maximum absolute atomic E-state index is 13.0. The number of hydrogen-bond donors (Lipinski definition) is 0. The average Bonchev–Trinajstić information content (AvgIpc) is 2.71. The number of ether oxygens (including phenoxy) is 1. The van der Waals surface area contributed by atoms with Crippen LogP contribution in [0.5, 0.6) is 0 Å². The summed E-state index contributed by atoms with van der Waals surface area (Å²) in [6.45, 7) is 8.67. The van der Waals surface area contributed by atoms with Crippen LogP contribution >= 0.6 is 11.6 Å². The van der Waals surface area contributed by atoms with E-state index in [1.807, 2.05) is 55.5 Å². The van der Waals surface area contributed by atoms with Gasteiger partial charge in [-0.05, 0) is 43.8 Å². The van der Waals surface area contributed by atoms with E-state index in [4.69, 9.17) is 21.3 Å². The van der Waals surface area contributed by atoms with Crippen LogP contribution in [-0.4, -0.2) is 35.5 Å². The van der Waals surface area contributed by atoms with Gasteiger partial charge in [-0.1, -0.05) is 55.8 Å². The largest absolute Gasteiger partial charge is 0.462 e. The van der Waals surface area contributed by atoms with E-state index in [0.29, 0.717) is 23.7 Å². The number of esters is 1. The Morgan fingerprint density at radius 2 is 1.79 bits per heavy atom. The zero-order valence-electron chi connectivity index (χ0n) is 16.5. The molecule has 0 aliphatic carbocycles. The van der Waals surface area contributed by atoms with Crippen LogP contribution in [0.25, 0.3) is 22.0 Å². The molecular formula is C23H25ClN2O2. The molecule has 1 heterocycles. The molecule has 28 heavy (non-hydrogen) atoms. The van der Waals surface area contributed by atoms with Crippen molar-refractivity contribution in [1.29, 1.82) is 0 Å². The Labute approximate surface area is 171 Å². The number of pyridine rings is 1. The van der Waals surface area contributed by atoms with E-state index < -0.39 is 0 Å². The quantitative estimate of drug-likeness (QED) is 0.489. The predicted molar refractivity (Wildman–Crippen MR) is 115 cm³/mol. The molecule has 146 valence electrons. The number of benzene rings is 2. The second kappa shape index (κ2) is 9.18. The van der Waals surface area contributed by atoms with Crippen molar-refractivity contribution >= 4 is 28.5 Å². The molecule has 0 aliphatic rings. The molecule has 0 saturated heterocycles. The monoisotopic (exact) mass is 396 g/mol. The lowest BCUT2D eigenvalue weighted by atomic mass is 9.93. The van der Waals surface area contributed by atoms with E-state index in [2.05, 4.69) is 18.7 Å². The summed E-state index contributed by atoms with van der Waals surface area (Å²) in [7, 11) is 0. The summed E-state index contributed by atoms with van der Waals surface area (Å²) in [5.74, 6) is -0.349. The molecular weight excluding hydrogens is 372 g/mol. The molecule has 0 N–H and O–H groups in total. The molecule has 4 nitrogen and oxygen atoms in total. The third-order valence-electron chi connectivity index (χ3n) is 4.83. The number of carbonyl (C=O) groups excluding carboxylic acids is 1. The van der Waals surface area contributed by atoms with E-state index in [1.165, 1.54) is 0 Å². The molecule has 1 aromatic heterocycles. The maximum atomic E-state index is 13.0. The molecule has 0 bridgehead atoms. The molecule has 2 aromatic carbocycles. The molecule has 0 radical (unpaired) electrons. The number of fused-ring (bicyclic) bond motifs is 1.